The molecule has 0 amide bonds. The maximum atomic E-state index is 6.08. The summed E-state index contributed by atoms with van der Waals surface area (Å²) in [6.45, 7) is 12.2. The van der Waals surface area contributed by atoms with E-state index in [-0.39, 0.29) is 0 Å². The summed E-state index contributed by atoms with van der Waals surface area (Å²) in [6, 6.07) is 4.21. The predicted octanol–water partition coefficient (Wildman–Crippen LogP) is 4.01. The van der Waals surface area contributed by atoms with Gasteiger partial charge in [0.2, 0.25) is 5.88 Å². The average Bonchev–Trinajstić information content (AvgIpc) is 2.40. The summed E-state index contributed by atoms with van der Waals surface area (Å²) < 4.78 is 6.08. The molecule has 0 aliphatic carbocycles. The SMILES string of the molecule is Cc1cc(C)c(Oc2nc(C)c(C)c(C)c2NN)c(C)c1. The zero-order chi connectivity index (χ0) is 15.7. The summed E-state index contributed by atoms with van der Waals surface area (Å²) in [5.41, 5.74) is 9.98. The van der Waals surface area contributed by atoms with Crippen molar-refractivity contribution in [2.24, 2.45) is 5.84 Å². The van der Waals surface area contributed by atoms with Crippen LogP contribution < -0.4 is 16.0 Å². The Hall–Kier alpha value is -2.07. The van der Waals surface area contributed by atoms with Gasteiger partial charge in [-0.1, -0.05) is 17.7 Å². The number of ether oxygens (including phenoxy) is 1. The van der Waals surface area contributed by atoms with Crippen LogP contribution in [0.25, 0.3) is 0 Å². The number of hydrazine groups is 1. The number of aromatic nitrogens is 1. The van der Waals surface area contributed by atoms with Gasteiger partial charge in [-0.2, -0.15) is 0 Å². The third-order valence-electron chi connectivity index (χ3n) is 3.91. The molecule has 0 bridgehead atoms. The fourth-order valence-corrected chi connectivity index (χ4v) is 2.58. The summed E-state index contributed by atoms with van der Waals surface area (Å²) in [6.07, 6.45) is 0. The van der Waals surface area contributed by atoms with Gasteiger partial charge in [0, 0.05) is 5.69 Å². The standard InChI is InChI=1S/C17H23N3O/c1-9-7-10(2)16(11(3)8-9)21-17-15(20-18)13(5)12(4)14(6)19-17/h7-8,20H,18H2,1-6H3. The van der Waals surface area contributed by atoms with Gasteiger partial charge in [0.25, 0.3) is 0 Å². The molecule has 21 heavy (non-hydrogen) atoms. The minimum Gasteiger partial charge on any atom is -0.436 e. The number of nitrogens with two attached hydrogens (primary N) is 1. The number of rotatable bonds is 3. The summed E-state index contributed by atoms with van der Waals surface area (Å²) >= 11 is 0. The maximum absolute atomic E-state index is 6.08. The van der Waals surface area contributed by atoms with Crippen LogP contribution in [0.15, 0.2) is 12.1 Å². The lowest BCUT2D eigenvalue weighted by Crippen LogP contribution is -2.12. The van der Waals surface area contributed by atoms with Crippen molar-refractivity contribution in [3.05, 3.63) is 45.6 Å². The summed E-state index contributed by atoms with van der Waals surface area (Å²) in [5.74, 6) is 7.02. The molecule has 0 unspecified atom stereocenters. The van der Waals surface area contributed by atoms with Crippen molar-refractivity contribution in [3.63, 3.8) is 0 Å². The quantitative estimate of drug-likeness (QED) is 0.661. The van der Waals surface area contributed by atoms with E-state index >= 15 is 0 Å². The van der Waals surface area contributed by atoms with E-state index in [1.165, 1.54) is 5.56 Å². The van der Waals surface area contributed by atoms with E-state index in [1.807, 2.05) is 34.6 Å². The molecular formula is C17H23N3O. The third kappa shape index (κ3) is 2.85. The van der Waals surface area contributed by atoms with Crippen LogP contribution in [0.2, 0.25) is 0 Å². The Labute approximate surface area is 126 Å². The van der Waals surface area contributed by atoms with Gasteiger partial charge in [-0.05, 0) is 63.8 Å². The number of nitrogen functional groups attached to an aromatic ring is 1. The highest BCUT2D eigenvalue weighted by Crippen LogP contribution is 2.35. The minimum atomic E-state index is 0.521. The van der Waals surface area contributed by atoms with Crippen molar-refractivity contribution in [3.8, 4) is 11.6 Å². The molecule has 4 heteroatoms. The van der Waals surface area contributed by atoms with Crippen molar-refractivity contribution in [1.29, 1.82) is 0 Å². The van der Waals surface area contributed by atoms with Gasteiger partial charge in [-0.3, -0.25) is 5.84 Å². The van der Waals surface area contributed by atoms with Crippen molar-refractivity contribution in [2.45, 2.75) is 41.5 Å². The van der Waals surface area contributed by atoms with Crippen molar-refractivity contribution < 1.29 is 4.74 Å². The summed E-state index contributed by atoms with van der Waals surface area (Å²) in [7, 11) is 0. The van der Waals surface area contributed by atoms with Gasteiger partial charge in [-0.25, -0.2) is 4.98 Å². The minimum absolute atomic E-state index is 0.521. The molecule has 1 aromatic carbocycles. The van der Waals surface area contributed by atoms with Crippen molar-refractivity contribution in [2.75, 3.05) is 5.43 Å². The Morgan fingerprint density at radius 3 is 2.05 bits per heavy atom. The number of aryl methyl sites for hydroxylation is 4. The lowest BCUT2D eigenvalue weighted by atomic mass is 10.1. The van der Waals surface area contributed by atoms with Gasteiger partial charge in [0.05, 0.1) is 0 Å². The molecule has 0 aliphatic rings. The number of benzene rings is 1. The topological polar surface area (TPSA) is 60.2 Å². The molecule has 0 fully saturated rings. The van der Waals surface area contributed by atoms with Crippen LogP contribution in [-0.2, 0) is 0 Å². The van der Waals surface area contributed by atoms with E-state index in [4.69, 9.17) is 10.6 Å². The molecular weight excluding hydrogens is 262 g/mol. The number of hydrogen-bond donors (Lipinski definition) is 2. The van der Waals surface area contributed by atoms with Crippen LogP contribution in [0.4, 0.5) is 5.69 Å². The van der Waals surface area contributed by atoms with E-state index < -0.39 is 0 Å². The van der Waals surface area contributed by atoms with Crippen molar-refractivity contribution in [1.82, 2.24) is 4.98 Å². The van der Waals surface area contributed by atoms with E-state index in [9.17, 15) is 0 Å². The fraction of sp³-hybridized carbons (Fsp3) is 0.353. The molecule has 4 nitrogen and oxygen atoms in total. The first-order chi connectivity index (χ1) is 9.85. The normalized spacial score (nSPS) is 10.6. The van der Waals surface area contributed by atoms with E-state index in [2.05, 4.69) is 29.5 Å². The molecule has 0 radical (unpaired) electrons. The van der Waals surface area contributed by atoms with Crippen LogP contribution in [0.3, 0.4) is 0 Å². The number of anilines is 1. The molecule has 2 rings (SSSR count). The van der Waals surface area contributed by atoms with Gasteiger partial charge in [-0.15, -0.1) is 0 Å². The Balaban J connectivity index is 2.55. The molecule has 0 aliphatic heterocycles. The Morgan fingerprint density at radius 1 is 0.952 bits per heavy atom. The lowest BCUT2D eigenvalue weighted by molar-refractivity contribution is 0.456. The predicted molar refractivity (Wildman–Crippen MR) is 87.0 cm³/mol. The average molecular weight is 285 g/mol. The van der Waals surface area contributed by atoms with Gasteiger partial charge in [0.15, 0.2) is 0 Å². The van der Waals surface area contributed by atoms with Crippen LogP contribution in [-0.4, -0.2) is 4.98 Å². The molecule has 0 atom stereocenters. The summed E-state index contributed by atoms with van der Waals surface area (Å²) in [5, 5.41) is 0. The van der Waals surface area contributed by atoms with E-state index in [1.54, 1.807) is 0 Å². The number of nitrogens with zero attached hydrogens (tertiary/aromatic N) is 1. The first-order valence-corrected chi connectivity index (χ1v) is 7.05. The second-order valence-electron chi connectivity index (χ2n) is 5.60. The second-order valence-corrected chi connectivity index (χ2v) is 5.60. The van der Waals surface area contributed by atoms with Crippen LogP contribution in [0.5, 0.6) is 11.6 Å². The molecule has 0 saturated heterocycles. The zero-order valence-electron chi connectivity index (χ0n) is 13.6. The number of hydrogen-bond acceptors (Lipinski definition) is 4. The highest BCUT2D eigenvalue weighted by Gasteiger charge is 2.15. The van der Waals surface area contributed by atoms with Gasteiger partial charge in [0.1, 0.15) is 11.4 Å². The molecule has 112 valence electrons. The molecule has 2 aromatic rings. The van der Waals surface area contributed by atoms with Gasteiger partial charge >= 0.3 is 0 Å². The van der Waals surface area contributed by atoms with Crippen LogP contribution in [0, 0.1) is 41.5 Å². The lowest BCUT2D eigenvalue weighted by Gasteiger charge is -2.18. The van der Waals surface area contributed by atoms with E-state index in [0.29, 0.717) is 5.88 Å². The number of nitrogens with one attached hydrogen (secondary N) is 1. The Bertz CT molecular complexity index is 670. The summed E-state index contributed by atoms with van der Waals surface area (Å²) in [4.78, 5) is 4.54. The monoisotopic (exact) mass is 285 g/mol. The Morgan fingerprint density at radius 2 is 1.52 bits per heavy atom. The zero-order valence-corrected chi connectivity index (χ0v) is 13.6. The maximum Gasteiger partial charge on any atom is 0.244 e. The third-order valence-corrected chi connectivity index (χ3v) is 3.91. The fourth-order valence-electron chi connectivity index (χ4n) is 2.58. The first-order valence-electron chi connectivity index (χ1n) is 7.05. The molecule has 1 heterocycles. The largest absolute Gasteiger partial charge is 0.436 e. The van der Waals surface area contributed by atoms with Crippen LogP contribution in [0.1, 0.15) is 33.5 Å². The van der Waals surface area contributed by atoms with Crippen LogP contribution >= 0.6 is 0 Å². The highest BCUT2D eigenvalue weighted by atomic mass is 16.5. The second kappa shape index (κ2) is 5.74. The molecule has 3 N–H and O–H groups in total. The Kier molecular flexibility index (Phi) is 4.19. The highest BCUT2D eigenvalue weighted by molar-refractivity contribution is 5.62. The molecule has 1 aromatic heterocycles. The van der Waals surface area contributed by atoms with Crippen molar-refractivity contribution >= 4 is 5.69 Å². The molecule has 0 saturated carbocycles. The van der Waals surface area contributed by atoms with Gasteiger partial charge < -0.3 is 10.2 Å². The first kappa shape index (κ1) is 15.3. The molecule has 0 spiro atoms. The van der Waals surface area contributed by atoms with E-state index in [0.717, 1.165) is 39.4 Å². The number of pyridine rings is 1. The smallest absolute Gasteiger partial charge is 0.244 e.